The number of nitrogens with one attached hydrogen (secondary N) is 2. The number of amides is 2. The van der Waals surface area contributed by atoms with Gasteiger partial charge in [-0.25, -0.2) is 4.68 Å². The summed E-state index contributed by atoms with van der Waals surface area (Å²) in [6, 6.07) is 12.6. The van der Waals surface area contributed by atoms with E-state index in [2.05, 4.69) is 16.0 Å². The van der Waals surface area contributed by atoms with Crippen molar-refractivity contribution in [1.82, 2.24) is 20.6 Å². The summed E-state index contributed by atoms with van der Waals surface area (Å²) < 4.78 is 12.3. The van der Waals surface area contributed by atoms with Gasteiger partial charge in [0.25, 0.3) is 11.8 Å². The molecule has 172 valence electrons. The average Bonchev–Trinajstić information content (AvgIpc) is 2.78. The van der Waals surface area contributed by atoms with E-state index in [-0.39, 0.29) is 17.4 Å². The van der Waals surface area contributed by atoms with Gasteiger partial charge in [0.2, 0.25) is 5.43 Å². The van der Waals surface area contributed by atoms with E-state index in [0.717, 1.165) is 0 Å². The first-order chi connectivity index (χ1) is 15.7. The van der Waals surface area contributed by atoms with Crippen LogP contribution in [-0.2, 0) is 0 Å². The zero-order valence-electron chi connectivity index (χ0n) is 18.5. The van der Waals surface area contributed by atoms with Crippen molar-refractivity contribution >= 4 is 23.4 Å². The van der Waals surface area contributed by atoms with Crippen molar-refractivity contribution in [2.75, 3.05) is 7.11 Å². The van der Waals surface area contributed by atoms with Crippen LogP contribution < -0.4 is 25.8 Å². The molecule has 0 aliphatic rings. The van der Waals surface area contributed by atoms with E-state index < -0.39 is 17.2 Å². The number of methoxy groups -OCH3 is 1. The van der Waals surface area contributed by atoms with Crippen LogP contribution in [0, 0.1) is 6.92 Å². The van der Waals surface area contributed by atoms with Crippen molar-refractivity contribution in [1.29, 1.82) is 0 Å². The summed E-state index contributed by atoms with van der Waals surface area (Å²) in [6.45, 7) is 5.43. The minimum Gasteiger partial charge on any atom is -0.493 e. The monoisotopic (exact) mass is 470 g/mol. The second-order valence-electron chi connectivity index (χ2n) is 7.33. The zero-order valence-corrected chi connectivity index (χ0v) is 19.3. The van der Waals surface area contributed by atoms with Gasteiger partial charge in [-0.1, -0.05) is 11.6 Å². The van der Waals surface area contributed by atoms with E-state index in [0.29, 0.717) is 27.9 Å². The summed E-state index contributed by atoms with van der Waals surface area (Å²) in [4.78, 5) is 37.4. The molecule has 3 rings (SSSR count). The quantitative estimate of drug-likeness (QED) is 0.535. The number of rotatable bonds is 6. The molecular weight excluding hydrogens is 448 g/mol. The fourth-order valence-corrected chi connectivity index (χ4v) is 3.08. The molecule has 0 bridgehead atoms. The first-order valence-corrected chi connectivity index (χ1v) is 10.4. The molecule has 9 nitrogen and oxygen atoms in total. The highest BCUT2D eigenvalue weighted by molar-refractivity contribution is 6.30. The summed E-state index contributed by atoms with van der Waals surface area (Å²) >= 11 is 5.92. The Hall–Kier alpha value is -3.85. The molecule has 2 amide bonds. The number of hydrogen-bond donors (Lipinski definition) is 2. The maximum Gasteiger partial charge on any atom is 0.294 e. The molecule has 33 heavy (non-hydrogen) atoms. The van der Waals surface area contributed by atoms with Crippen molar-refractivity contribution in [2.24, 2.45) is 0 Å². The van der Waals surface area contributed by atoms with Gasteiger partial charge in [-0.05, 0) is 63.2 Å². The third-order valence-corrected chi connectivity index (χ3v) is 4.72. The maximum absolute atomic E-state index is 12.6. The van der Waals surface area contributed by atoms with Crippen molar-refractivity contribution in [2.45, 2.75) is 26.9 Å². The third-order valence-electron chi connectivity index (χ3n) is 4.47. The minimum absolute atomic E-state index is 0.0724. The van der Waals surface area contributed by atoms with Gasteiger partial charge in [0.15, 0.2) is 17.2 Å². The van der Waals surface area contributed by atoms with Crippen LogP contribution in [0.15, 0.2) is 53.3 Å². The van der Waals surface area contributed by atoms with E-state index >= 15 is 0 Å². The van der Waals surface area contributed by atoms with E-state index in [1.54, 1.807) is 37.3 Å². The molecule has 0 radical (unpaired) electrons. The van der Waals surface area contributed by atoms with E-state index in [4.69, 9.17) is 21.1 Å². The molecule has 0 saturated heterocycles. The summed E-state index contributed by atoms with van der Waals surface area (Å²) in [5, 5.41) is 4.69. The van der Waals surface area contributed by atoms with Crippen LogP contribution in [-0.4, -0.2) is 34.8 Å². The highest BCUT2D eigenvalue weighted by Crippen LogP contribution is 2.28. The van der Waals surface area contributed by atoms with Crippen molar-refractivity contribution in [3.05, 3.63) is 80.7 Å². The number of aryl methyl sites for hydroxylation is 1. The van der Waals surface area contributed by atoms with Crippen LogP contribution in [0.3, 0.4) is 0 Å². The van der Waals surface area contributed by atoms with Crippen molar-refractivity contribution < 1.29 is 19.1 Å². The zero-order chi connectivity index (χ0) is 24.1. The molecule has 10 heteroatoms. The second kappa shape index (κ2) is 10.2. The Kier molecular flexibility index (Phi) is 7.34. The van der Waals surface area contributed by atoms with E-state index in [9.17, 15) is 14.4 Å². The largest absolute Gasteiger partial charge is 0.493 e. The van der Waals surface area contributed by atoms with Crippen LogP contribution in [0.5, 0.6) is 11.5 Å². The Bertz CT molecular complexity index is 1240. The van der Waals surface area contributed by atoms with E-state index in [1.165, 1.54) is 30.0 Å². The molecule has 0 saturated carbocycles. The summed E-state index contributed by atoms with van der Waals surface area (Å²) in [5.74, 6) is -0.612. The number of carbonyl (C=O) groups excluding carboxylic acids is 2. The van der Waals surface area contributed by atoms with Crippen LogP contribution in [0.4, 0.5) is 0 Å². The number of benzene rings is 2. The Morgan fingerprint density at radius 1 is 1.00 bits per heavy atom. The Morgan fingerprint density at radius 2 is 1.67 bits per heavy atom. The van der Waals surface area contributed by atoms with Crippen molar-refractivity contribution in [3.63, 3.8) is 0 Å². The molecule has 2 aromatic carbocycles. The third kappa shape index (κ3) is 5.69. The van der Waals surface area contributed by atoms with Gasteiger partial charge in [-0.15, -0.1) is 0 Å². The second-order valence-corrected chi connectivity index (χ2v) is 7.76. The Morgan fingerprint density at radius 3 is 2.30 bits per heavy atom. The highest BCUT2D eigenvalue weighted by atomic mass is 35.5. The molecule has 0 atom stereocenters. The highest BCUT2D eigenvalue weighted by Gasteiger charge is 2.17. The van der Waals surface area contributed by atoms with Gasteiger partial charge >= 0.3 is 0 Å². The Balaban J connectivity index is 1.77. The molecule has 1 heterocycles. The fraction of sp³-hybridized carbons (Fsp3) is 0.217. The molecule has 0 spiro atoms. The standard InChI is InChI=1S/C23H23ClN4O5/c1-13(2)33-19-10-5-15(12-20(19)32-4)22(30)25-26-23(31)21-18(29)11-14(3)28(27-21)17-8-6-16(24)7-9-17/h5-13H,1-4H3,(H,25,30)(H,26,31). The van der Waals surface area contributed by atoms with Crippen LogP contribution >= 0.6 is 11.6 Å². The van der Waals surface area contributed by atoms with Crippen molar-refractivity contribution in [3.8, 4) is 17.2 Å². The predicted octanol–water partition coefficient (Wildman–Crippen LogP) is 3.06. The number of nitrogens with zero attached hydrogens (tertiary/aromatic N) is 2. The lowest BCUT2D eigenvalue weighted by atomic mass is 10.2. The minimum atomic E-state index is -0.859. The average molecular weight is 471 g/mol. The van der Waals surface area contributed by atoms with Crippen LogP contribution in [0.1, 0.15) is 40.4 Å². The molecule has 0 fully saturated rings. The number of hydrogen-bond acceptors (Lipinski definition) is 6. The summed E-state index contributed by atoms with van der Waals surface area (Å²) in [6.07, 6.45) is -0.0724. The van der Waals surface area contributed by atoms with Gasteiger partial charge < -0.3 is 9.47 Å². The first-order valence-electron chi connectivity index (χ1n) is 10.0. The van der Waals surface area contributed by atoms with Crippen LogP contribution in [0.2, 0.25) is 5.02 Å². The summed E-state index contributed by atoms with van der Waals surface area (Å²) in [5.41, 5.74) is 4.90. The van der Waals surface area contributed by atoms with Gasteiger partial charge in [0, 0.05) is 22.3 Å². The predicted molar refractivity (Wildman–Crippen MR) is 123 cm³/mol. The normalized spacial score (nSPS) is 10.6. The Labute approximate surface area is 195 Å². The molecule has 0 aliphatic carbocycles. The molecule has 0 unspecified atom stereocenters. The lowest BCUT2D eigenvalue weighted by Crippen LogP contribution is -2.44. The lowest BCUT2D eigenvalue weighted by Gasteiger charge is -2.15. The van der Waals surface area contributed by atoms with E-state index in [1.807, 2.05) is 13.8 Å². The molecule has 0 aliphatic heterocycles. The number of hydrazine groups is 1. The van der Waals surface area contributed by atoms with Gasteiger partial charge in [0.05, 0.1) is 18.9 Å². The molecular formula is C23H23ClN4O5. The van der Waals surface area contributed by atoms with Gasteiger partial charge in [-0.2, -0.15) is 5.10 Å². The summed E-state index contributed by atoms with van der Waals surface area (Å²) in [7, 11) is 1.46. The maximum atomic E-state index is 12.6. The van der Waals surface area contributed by atoms with Gasteiger partial charge in [0.1, 0.15) is 0 Å². The van der Waals surface area contributed by atoms with Crippen LogP contribution in [0.25, 0.3) is 5.69 Å². The topological polar surface area (TPSA) is 112 Å². The molecule has 2 N–H and O–H groups in total. The number of aromatic nitrogens is 2. The number of carbonyl (C=O) groups is 2. The lowest BCUT2D eigenvalue weighted by molar-refractivity contribution is 0.0842. The number of halogens is 1. The molecule has 1 aromatic heterocycles. The SMILES string of the molecule is COc1cc(C(=O)NNC(=O)c2nn(-c3ccc(Cl)cc3)c(C)cc2=O)ccc1OC(C)C. The fourth-order valence-electron chi connectivity index (χ4n) is 2.95. The smallest absolute Gasteiger partial charge is 0.294 e. The van der Waals surface area contributed by atoms with Gasteiger partial charge in [-0.3, -0.25) is 25.2 Å². The molecule has 3 aromatic rings. The number of ether oxygens (including phenoxy) is 2. The first kappa shape index (κ1) is 23.8.